The standard InChI is InChI=1S/C24H40O5/c1-13(4-7-21(28)29)16-5-6-17-22-18(12-20(27)24(16,17)3)23(2)9-8-15(25)10-14(23)11-19(22)26/h13-20,22,25-27H,4-12H2,1-3H3,(H,28,29)/t13?,14?,15-,16?,17?,18?,19-,20+,22?,23?,24?/m1/s1. The van der Waals surface area contributed by atoms with E-state index in [4.69, 9.17) is 5.11 Å². The van der Waals surface area contributed by atoms with Crippen LogP contribution in [0.5, 0.6) is 0 Å². The fourth-order valence-corrected chi connectivity index (χ4v) is 8.68. The van der Waals surface area contributed by atoms with E-state index in [1.807, 2.05) is 0 Å². The Balaban J connectivity index is 1.61. The van der Waals surface area contributed by atoms with Gasteiger partial charge in [0.25, 0.3) is 0 Å². The molecular weight excluding hydrogens is 368 g/mol. The van der Waals surface area contributed by atoms with Crippen LogP contribution in [-0.4, -0.2) is 44.7 Å². The van der Waals surface area contributed by atoms with E-state index in [-0.39, 0.29) is 41.3 Å². The third-order valence-corrected chi connectivity index (χ3v) is 10.3. The van der Waals surface area contributed by atoms with Crippen molar-refractivity contribution in [3.05, 3.63) is 0 Å². The van der Waals surface area contributed by atoms with Crippen LogP contribution in [0.1, 0.15) is 78.6 Å². The van der Waals surface area contributed by atoms with Gasteiger partial charge in [0.05, 0.1) is 18.3 Å². The smallest absolute Gasteiger partial charge is 0.303 e. The predicted molar refractivity (Wildman–Crippen MR) is 110 cm³/mol. The minimum atomic E-state index is -0.748. The van der Waals surface area contributed by atoms with Gasteiger partial charge in [0.1, 0.15) is 0 Å². The number of hydrogen-bond acceptors (Lipinski definition) is 4. The SMILES string of the molecule is CC(CCC(=O)O)C1CCC2C3C(C[C@H](O)C12C)C1(C)CC[C@@H](O)CC1C[C@H]3O. The molecule has 0 aromatic carbocycles. The summed E-state index contributed by atoms with van der Waals surface area (Å²) < 4.78 is 0. The maximum absolute atomic E-state index is 11.5. The Bertz CT molecular complexity index is 637. The summed E-state index contributed by atoms with van der Waals surface area (Å²) in [6.45, 7) is 6.72. The number of aliphatic hydroxyl groups excluding tert-OH is 3. The number of aliphatic hydroxyl groups is 3. The Morgan fingerprint density at radius 2 is 1.76 bits per heavy atom. The van der Waals surface area contributed by atoms with Gasteiger partial charge in [-0.25, -0.2) is 0 Å². The molecular formula is C24H40O5. The van der Waals surface area contributed by atoms with Gasteiger partial charge < -0.3 is 20.4 Å². The van der Waals surface area contributed by atoms with Crippen LogP contribution in [0.3, 0.4) is 0 Å². The molecule has 5 nitrogen and oxygen atoms in total. The molecule has 11 atom stereocenters. The van der Waals surface area contributed by atoms with E-state index >= 15 is 0 Å². The van der Waals surface area contributed by atoms with Crippen LogP contribution in [0, 0.1) is 46.3 Å². The van der Waals surface area contributed by atoms with Crippen LogP contribution in [0.4, 0.5) is 0 Å². The van der Waals surface area contributed by atoms with Crippen molar-refractivity contribution < 1.29 is 25.2 Å². The first-order chi connectivity index (χ1) is 13.6. The Kier molecular flexibility index (Phi) is 5.57. The minimum absolute atomic E-state index is 0.0957. The van der Waals surface area contributed by atoms with Crippen LogP contribution >= 0.6 is 0 Å². The number of fused-ring (bicyclic) bond motifs is 5. The normalized spacial score (nSPS) is 52.9. The number of carboxylic acid groups (broad SMARTS) is 1. The van der Waals surface area contributed by atoms with Crippen molar-refractivity contribution in [1.82, 2.24) is 0 Å². The Morgan fingerprint density at radius 1 is 1.03 bits per heavy atom. The molecule has 4 saturated carbocycles. The zero-order chi connectivity index (χ0) is 21.1. The van der Waals surface area contributed by atoms with Gasteiger partial charge in [0, 0.05) is 6.42 Å². The monoisotopic (exact) mass is 408 g/mol. The van der Waals surface area contributed by atoms with E-state index in [9.17, 15) is 20.1 Å². The second-order valence-corrected chi connectivity index (χ2v) is 11.4. The Labute approximate surface area is 174 Å². The topological polar surface area (TPSA) is 98.0 Å². The molecule has 4 N–H and O–H groups in total. The first-order valence-corrected chi connectivity index (χ1v) is 11.8. The second kappa shape index (κ2) is 7.49. The summed E-state index contributed by atoms with van der Waals surface area (Å²) in [6, 6.07) is 0. The highest BCUT2D eigenvalue weighted by molar-refractivity contribution is 5.66. The predicted octanol–water partition coefficient (Wildman–Crippen LogP) is 3.45. The number of rotatable bonds is 4. The fourth-order valence-electron chi connectivity index (χ4n) is 8.68. The van der Waals surface area contributed by atoms with Gasteiger partial charge in [-0.1, -0.05) is 20.8 Å². The highest BCUT2D eigenvalue weighted by Gasteiger charge is 2.65. The van der Waals surface area contributed by atoms with Gasteiger partial charge >= 0.3 is 5.97 Å². The molecule has 0 aromatic heterocycles. The van der Waals surface area contributed by atoms with E-state index in [0.29, 0.717) is 30.1 Å². The highest BCUT2D eigenvalue weighted by atomic mass is 16.4. The molecule has 0 amide bonds. The third-order valence-electron chi connectivity index (χ3n) is 10.3. The summed E-state index contributed by atoms with van der Waals surface area (Å²) >= 11 is 0. The number of hydrogen-bond donors (Lipinski definition) is 4. The lowest BCUT2D eigenvalue weighted by atomic mass is 9.43. The van der Waals surface area contributed by atoms with E-state index in [0.717, 1.165) is 44.9 Å². The fraction of sp³-hybridized carbons (Fsp3) is 0.958. The molecule has 4 fully saturated rings. The van der Waals surface area contributed by atoms with Crippen LogP contribution in [0.25, 0.3) is 0 Å². The van der Waals surface area contributed by atoms with Crippen molar-refractivity contribution in [3.8, 4) is 0 Å². The Hall–Kier alpha value is -0.650. The molecule has 0 aromatic rings. The zero-order valence-electron chi connectivity index (χ0n) is 18.3. The molecule has 4 aliphatic carbocycles. The lowest BCUT2D eigenvalue weighted by molar-refractivity contribution is -0.207. The molecule has 29 heavy (non-hydrogen) atoms. The Morgan fingerprint density at radius 3 is 2.45 bits per heavy atom. The second-order valence-electron chi connectivity index (χ2n) is 11.4. The van der Waals surface area contributed by atoms with E-state index in [1.165, 1.54) is 0 Å². The van der Waals surface area contributed by atoms with Gasteiger partial charge in [0.15, 0.2) is 0 Å². The molecule has 0 aliphatic heterocycles. The summed E-state index contributed by atoms with van der Waals surface area (Å²) in [5.41, 5.74) is -0.143. The lowest BCUT2D eigenvalue weighted by Gasteiger charge is -2.63. The molecule has 8 unspecified atom stereocenters. The largest absolute Gasteiger partial charge is 0.481 e. The zero-order valence-corrected chi connectivity index (χ0v) is 18.3. The molecule has 5 heteroatoms. The molecule has 4 rings (SSSR count). The van der Waals surface area contributed by atoms with Crippen LogP contribution in [0.15, 0.2) is 0 Å². The number of carbonyl (C=O) groups is 1. The van der Waals surface area contributed by atoms with Crippen molar-refractivity contribution in [2.24, 2.45) is 46.3 Å². The molecule has 0 heterocycles. The molecule has 0 saturated heterocycles. The van der Waals surface area contributed by atoms with E-state index < -0.39 is 12.1 Å². The van der Waals surface area contributed by atoms with E-state index in [2.05, 4.69) is 20.8 Å². The summed E-state index contributed by atoms with van der Waals surface area (Å²) in [5, 5.41) is 42.0. The minimum Gasteiger partial charge on any atom is -0.481 e. The van der Waals surface area contributed by atoms with Crippen molar-refractivity contribution in [3.63, 3.8) is 0 Å². The summed E-state index contributed by atoms with van der Waals surface area (Å²) in [4.78, 5) is 11.1. The average Bonchev–Trinajstić information content (AvgIpc) is 3.01. The van der Waals surface area contributed by atoms with Crippen LogP contribution in [-0.2, 0) is 4.79 Å². The van der Waals surface area contributed by atoms with Crippen molar-refractivity contribution >= 4 is 5.97 Å². The summed E-state index contributed by atoms with van der Waals surface area (Å²) in [7, 11) is 0. The summed E-state index contributed by atoms with van der Waals surface area (Å²) in [6.07, 6.45) is 6.00. The number of aliphatic carboxylic acids is 1. The summed E-state index contributed by atoms with van der Waals surface area (Å²) in [5.74, 6) is 0.997. The average molecular weight is 409 g/mol. The lowest BCUT2D eigenvalue weighted by Crippen LogP contribution is -2.62. The number of carboxylic acids is 1. The molecule has 0 bridgehead atoms. The van der Waals surface area contributed by atoms with Gasteiger partial charge in [-0.2, -0.15) is 0 Å². The molecule has 166 valence electrons. The van der Waals surface area contributed by atoms with E-state index in [1.54, 1.807) is 0 Å². The maximum Gasteiger partial charge on any atom is 0.303 e. The van der Waals surface area contributed by atoms with Crippen molar-refractivity contribution in [1.29, 1.82) is 0 Å². The highest BCUT2D eigenvalue weighted by Crippen LogP contribution is 2.68. The quantitative estimate of drug-likeness (QED) is 0.571. The molecule has 0 spiro atoms. The maximum atomic E-state index is 11.5. The van der Waals surface area contributed by atoms with Crippen LogP contribution in [0.2, 0.25) is 0 Å². The van der Waals surface area contributed by atoms with Crippen molar-refractivity contribution in [2.75, 3.05) is 0 Å². The van der Waals surface area contributed by atoms with Crippen LogP contribution < -0.4 is 0 Å². The third kappa shape index (κ3) is 3.27. The van der Waals surface area contributed by atoms with Gasteiger partial charge in [-0.3, -0.25) is 4.79 Å². The van der Waals surface area contributed by atoms with Crippen molar-refractivity contribution in [2.45, 2.75) is 96.9 Å². The first-order valence-electron chi connectivity index (χ1n) is 11.8. The first kappa shape index (κ1) is 21.6. The van der Waals surface area contributed by atoms with Gasteiger partial charge in [-0.05, 0) is 97.7 Å². The molecule has 4 aliphatic rings. The van der Waals surface area contributed by atoms with Gasteiger partial charge in [0.2, 0.25) is 0 Å². The molecule has 0 radical (unpaired) electrons. The van der Waals surface area contributed by atoms with Gasteiger partial charge in [-0.15, -0.1) is 0 Å².